The fourth-order valence-corrected chi connectivity index (χ4v) is 4.33. The lowest BCUT2D eigenvalue weighted by atomic mass is 10.1. The summed E-state index contributed by atoms with van der Waals surface area (Å²) < 4.78 is 4.31. The maximum atomic E-state index is 10.7. The van der Waals surface area contributed by atoms with E-state index in [1.807, 2.05) is 12.1 Å². The highest BCUT2D eigenvalue weighted by Gasteiger charge is 2.14. The molecule has 0 spiro atoms. The largest absolute Gasteiger partial charge is 0.389 e. The van der Waals surface area contributed by atoms with Crippen molar-refractivity contribution < 1.29 is 5.11 Å². The second-order valence-corrected chi connectivity index (χ2v) is 9.10. The van der Waals surface area contributed by atoms with Crippen LogP contribution >= 0.6 is 31.9 Å². The third-order valence-electron chi connectivity index (χ3n) is 5.23. The third kappa shape index (κ3) is 3.84. The van der Waals surface area contributed by atoms with Crippen molar-refractivity contribution in [2.24, 2.45) is 0 Å². The minimum Gasteiger partial charge on any atom is -0.389 e. The second-order valence-electron chi connectivity index (χ2n) is 7.27. The summed E-state index contributed by atoms with van der Waals surface area (Å²) in [6, 6.07) is 18.9. The predicted molar refractivity (Wildman–Crippen MR) is 125 cm³/mol. The predicted octanol–water partition coefficient (Wildman–Crippen LogP) is 6.41. The number of halogens is 2. The number of fused-ring (bicyclic) bond motifs is 3. The van der Waals surface area contributed by atoms with Crippen LogP contribution < -0.4 is 5.32 Å². The number of aliphatic hydroxyl groups is 1. The van der Waals surface area contributed by atoms with Crippen LogP contribution in [-0.4, -0.2) is 22.3 Å². The Hall–Kier alpha value is -1.82. The van der Waals surface area contributed by atoms with E-state index < -0.39 is 6.10 Å². The highest BCUT2D eigenvalue weighted by molar-refractivity contribution is 9.10. The highest BCUT2D eigenvalue weighted by Crippen LogP contribution is 2.33. The minimum absolute atomic E-state index is 0.497. The Kier molecular flexibility index (Phi) is 5.50. The van der Waals surface area contributed by atoms with Gasteiger partial charge in [0.15, 0.2) is 0 Å². The molecule has 0 bridgehead atoms. The van der Waals surface area contributed by atoms with Gasteiger partial charge in [0.1, 0.15) is 0 Å². The highest BCUT2D eigenvalue weighted by atomic mass is 79.9. The second kappa shape index (κ2) is 7.90. The molecule has 5 heteroatoms. The number of hydrogen-bond acceptors (Lipinski definition) is 2. The first-order valence-electron chi connectivity index (χ1n) is 9.28. The molecule has 28 heavy (non-hydrogen) atoms. The van der Waals surface area contributed by atoms with E-state index in [0.29, 0.717) is 13.1 Å². The standard InChI is InChI=1S/C23H22Br2N2O/c1-14-3-6-18(9-15(14)2)26-12-19(28)13-27-22-7-4-16(24)10-20(22)21-11-17(25)5-8-23(21)27/h3-11,19,26,28H,12-13H2,1-2H3/t19-/m1/s1. The van der Waals surface area contributed by atoms with Crippen molar-refractivity contribution in [3.63, 3.8) is 0 Å². The lowest BCUT2D eigenvalue weighted by Gasteiger charge is -2.16. The average Bonchev–Trinajstić information content (AvgIpc) is 2.95. The normalized spacial score (nSPS) is 12.6. The van der Waals surface area contributed by atoms with Gasteiger partial charge in [-0.05, 0) is 73.5 Å². The Morgan fingerprint density at radius 3 is 2.04 bits per heavy atom. The lowest BCUT2D eigenvalue weighted by molar-refractivity contribution is 0.169. The summed E-state index contributed by atoms with van der Waals surface area (Å²) in [6.07, 6.45) is -0.507. The van der Waals surface area contributed by atoms with Crippen molar-refractivity contribution in [2.75, 3.05) is 11.9 Å². The van der Waals surface area contributed by atoms with Gasteiger partial charge in [-0.1, -0.05) is 37.9 Å². The van der Waals surface area contributed by atoms with Crippen LogP contribution in [0, 0.1) is 13.8 Å². The Morgan fingerprint density at radius 2 is 1.46 bits per heavy atom. The smallest absolute Gasteiger partial charge is 0.0891 e. The number of hydrogen-bond donors (Lipinski definition) is 2. The third-order valence-corrected chi connectivity index (χ3v) is 6.22. The van der Waals surface area contributed by atoms with Crippen molar-refractivity contribution in [2.45, 2.75) is 26.5 Å². The first-order chi connectivity index (χ1) is 13.4. The van der Waals surface area contributed by atoms with Gasteiger partial charge in [0.2, 0.25) is 0 Å². The Bertz CT molecular complexity index is 1110. The molecular formula is C23H22Br2N2O. The van der Waals surface area contributed by atoms with Crippen molar-refractivity contribution in [1.29, 1.82) is 0 Å². The fourth-order valence-electron chi connectivity index (χ4n) is 3.61. The molecule has 0 fully saturated rings. The van der Waals surface area contributed by atoms with Crippen LogP contribution in [0.25, 0.3) is 21.8 Å². The van der Waals surface area contributed by atoms with Gasteiger partial charge in [-0.15, -0.1) is 0 Å². The zero-order valence-corrected chi connectivity index (χ0v) is 19.0. The first kappa shape index (κ1) is 19.5. The molecule has 4 aromatic rings. The molecule has 2 N–H and O–H groups in total. The van der Waals surface area contributed by atoms with Crippen LogP contribution in [0.15, 0.2) is 63.5 Å². The summed E-state index contributed by atoms with van der Waals surface area (Å²) in [6.45, 7) is 5.23. The molecule has 0 saturated heterocycles. The first-order valence-corrected chi connectivity index (χ1v) is 10.9. The number of aliphatic hydroxyl groups excluding tert-OH is 1. The van der Waals surface area contributed by atoms with E-state index in [0.717, 1.165) is 25.7 Å². The molecule has 0 unspecified atom stereocenters. The number of benzene rings is 3. The summed E-state index contributed by atoms with van der Waals surface area (Å²) in [5, 5.41) is 16.5. The zero-order chi connectivity index (χ0) is 19.8. The molecule has 0 aliphatic rings. The van der Waals surface area contributed by atoms with Gasteiger partial charge >= 0.3 is 0 Å². The van der Waals surface area contributed by atoms with Gasteiger partial charge < -0.3 is 15.0 Å². The summed E-state index contributed by atoms with van der Waals surface area (Å²) in [5.74, 6) is 0. The van der Waals surface area contributed by atoms with E-state index in [-0.39, 0.29) is 0 Å². The molecule has 0 aliphatic heterocycles. The van der Waals surface area contributed by atoms with Crippen LogP contribution in [-0.2, 0) is 6.54 Å². The number of rotatable bonds is 5. The molecule has 0 aliphatic carbocycles. The van der Waals surface area contributed by atoms with Crippen LogP contribution in [0.5, 0.6) is 0 Å². The lowest BCUT2D eigenvalue weighted by Crippen LogP contribution is -2.24. The SMILES string of the molecule is Cc1ccc(NC[C@@H](O)Cn2c3ccc(Br)cc3c3cc(Br)ccc32)cc1C. The topological polar surface area (TPSA) is 37.2 Å². The summed E-state index contributed by atoms with van der Waals surface area (Å²) in [7, 11) is 0. The zero-order valence-electron chi connectivity index (χ0n) is 15.8. The van der Waals surface area contributed by atoms with Crippen molar-refractivity contribution >= 4 is 59.4 Å². The molecule has 0 radical (unpaired) electrons. The van der Waals surface area contributed by atoms with Gasteiger partial charge in [-0.25, -0.2) is 0 Å². The van der Waals surface area contributed by atoms with Crippen LogP contribution in [0.1, 0.15) is 11.1 Å². The van der Waals surface area contributed by atoms with E-state index in [2.05, 4.69) is 98.1 Å². The maximum Gasteiger partial charge on any atom is 0.0891 e. The minimum atomic E-state index is -0.507. The molecule has 0 amide bonds. The monoisotopic (exact) mass is 500 g/mol. The average molecular weight is 502 g/mol. The van der Waals surface area contributed by atoms with E-state index in [1.165, 1.54) is 21.9 Å². The van der Waals surface area contributed by atoms with Crippen molar-refractivity contribution in [1.82, 2.24) is 4.57 Å². The molecule has 4 rings (SSSR count). The molecule has 1 atom stereocenters. The number of nitrogens with zero attached hydrogens (tertiary/aromatic N) is 1. The number of nitrogens with one attached hydrogen (secondary N) is 1. The molecule has 1 heterocycles. The quantitative estimate of drug-likeness (QED) is 0.331. The Morgan fingerprint density at radius 1 is 0.857 bits per heavy atom. The fraction of sp³-hybridized carbons (Fsp3) is 0.217. The van der Waals surface area contributed by atoms with E-state index in [4.69, 9.17) is 0 Å². The number of aromatic nitrogens is 1. The maximum absolute atomic E-state index is 10.7. The summed E-state index contributed by atoms with van der Waals surface area (Å²) in [4.78, 5) is 0. The molecule has 1 aromatic heterocycles. The van der Waals surface area contributed by atoms with Gasteiger partial charge in [-0.2, -0.15) is 0 Å². The molecule has 144 valence electrons. The van der Waals surface area contributed by atoms with Crippen molar-refractivity contribution in [3.05, 3.63) is 74.7 Å². The van der Waals surface area contributed by atoms with Crippen LogP contribution in [0.2, 0.25) is 0 Å². The molecule has 3 aromatic carbocycles. The van der Waals surface area contributed by atoms with Gasteiger partial charge in [-0.3, -0.25) is 0 Å². The Labute approximate surface area is 181 Å². The van der Waals surface area contributed by atoms with E-state index >= 15 is 0 Å². The van der Waals surface area contributed by atoms with Gasteiger partial charge in [0.05, 0.1) is 12.6 Å². The molecular weight excluding hydrogens is 480 g/mol. The number of anilines is 1. The van der Waals surface area contributed by atoms with Crippen LogP contribution in [0.3, 0.4) is 0 Å². The molecule has 3 nitrogen and oxygen atoms in total. The Balaban J connectivity index is 1.62. The van der Waals surface area contributed by atoms with Crippen molar-refractivity contribution in [3.8, 4) is 0 Å². The van der Waals surface area contributed by atoms with E-state index in [9.17, 15) is 5.11 Å². The summed E-state index contributed by atoms with van der Waals surface area (Å²) >= 11 is 7.16. The van der Waals surface area contributed by atoms with Gasteiger partial charge in [0, 0.05) is 43.0 Å². The van der Waals surface area contributed by atoms with E-state index in [1.54, 1.807) is 0 Å². The summed E-state index contributed by atoms with van der Waals surface area (Å²) in [5.41, 5.74) is 5.81. The van der Waals surface area contributed by atoms with Gasteiger partial charge in [0.25, 0.3) is 0 Å². The molecule has 0 saturated carbocycles. The van der Waals surface area contributed by atoms with Crippen LogP contribution in [0.4, 0.5) is 5.69 Å². The number of aryl methyl sites for hydroxylation is 2.